The van der Waals surface area contributed by atoms with Crippen molar-refractivity contribution in [1.82, 2.24) is 20.2 Å². The number of nitrogens with zero attached hydrogens (tertiary/aromatic N) is 3. The van der Waals surface area contributed by atoms with Crippen LogP contribution in [0.4, 0.5) is 17.2 Å². The molecule has 0 saturated heterocycles. The SMILES string of the molecule is CCNc1ccccc1-c1nc(Nc2ccc3[nH]ncc3c2)c2ccccc2n1. The van der Waals surface area contributed by atoms with Gasteiger partial charge in [-0.1, -0.05) is 24.3 Å². The minimum atomic E-state index is 0.687. The number of hydrogen-bond acceptors (Lipinski definition) is 5. The van der Waals surface area contributed by atoms with Gasteiger partial charge in [-0.2, -0.15) is 5.10 Å². The molecule has 0 aliphatic rings. The van der Waals surface area contributed by atoms with Crippen LogP contribution in [0.15, 0.2) is 72.9 Å². The van der Waals surface area contributed by atoms with Crippen LogP contribution in [0, 0.1) is 0 Å². The van der Waals surface area contributed by atoms with E-state index in [0.717, 1.165) is 51.1 Å². The molecule has 0 atom stereocenters. The Kier molecular flexibility index (Phi) is 4.29. The molecule has 5 aromatic rings. The van der Waals surface area contributed by atoms with Gasteiger partial charge in [0.25, 0.3) is 0 Å². The monoisotopic (exact) mass is 380 g/mol. The van der Waals surface area contributed by atoms with Crippen molar-refractivity contribution in [3.63, 3.8) is 0 Å². The molecular weight excluding hydrogens is 360 g/mol. The van der Waals surface area contributed by atoms with Crippen molar-refractivity contribution >= 4 is 39.0 Å². The Balaban J connectivity index is 1.64. The highest BCUT2D eigenvalue weighted by molar-refractivity contribution is 5.94. The van der Waals surface area contributed by atoms with Crippen molar-refractivity contribution in [3.8, 4) is 11.4 Å². The Hall–Kier alpha value is -3.93. The molecule has 0 radical (unpaired) electrons. The molecule has 3 N–H and O–H groups in total. The summed E-state index contributed by atoms with van der Waals surface area (Å²) in [7, 11) is 0. The highest BCUT2D eigenvalue weighted by atomic mass is 15.1. The number of para-hydroxylation sites is 2. The number of rotatable bonds is 5. The van der Waals surface area contributed by atoms with Gasteiger partial charge in [0.05, 0.1) is 17.2 Å². The van der Waals surface area contributed by atoms with Crippen LogP contribution in [0.5, 0.6) is 0 Å². The van der Waals surface area contributed by atoms with E-state index in [-0.39, 0.29) is 0 Å². The first-order valence-electron chi connectivity index (χ1n) is 9.62. The lowest BCUT2D eigenvalue weighted by Crippen LogP contribution is -2.02. The normalized spacial score (nSPS) is 11.1. The predicted molar refractivity (Wildman–Crippen MR) is 119 cm³/mol. The van der Waals surface area contributed by atoms with Crippen molar-refractivity contribution in [2.75, 3.05) is 17.2 Å². The molecule has 0 fully saturated rings. The molecule has 142 valence electrons. The lowest BCUT2D eigenvalue weighted by Gasteiger charge is -2.13. The second-order valence-corrected chi connectivity index (χ2v) is 6.79. The third-order valence-electron chi connectivity index (χ3n) is 4.84. The molecule has 0 bridgehead atoms. The Morgan fingerprint density at radius 1 is 0.931 bits per heavy atom. The zero-order valence-electron chi connectivity index (χ0n) is 16.0. The standard InChI is InChI=1S/C23H20N6/c1-2-24-20-9-5-3-7-17(20)23-27-21-10-6-4-8-18(21)22(28-23)26-16-11-12-19-15(13-16)14-25-29-19/h3-14,24H,2H2,1H3,(H,25,29)(H,26,27,28). The van der Waals surface area contributed by atoms with E-state index in [1.807, 2.05) is 60.8 Å². The maximum atomic E-state index is 4.89. The second-order valence-electron chi connectivity index (χ2n) is 6.79. The van der Waals surface area contributed by atoms with Crippen LogP contribution < -0.4 is 10.6 Å². The van der Waals surface area contributed by atoms with Crippen molar-refractivity contribution in [1.29, 1.82) is 0 Å². The lowest BCUT2D eigenvalue weighted by atomic mass is 10.1. The minimum absolute atomic E-state index is 0.687. The first-order valence-corrected chi connectivity index (χ1v) is 9.62. The van der Waals surface area contributed by atoms with Gasteiger partial charge in [0.1, 0.15) is 5.82 Å². The number of fused-ring (bicyclic) bond motifs is 2. The summed E-state index contributed by atoms with van der Waals surface area (Å²) in [5, 5.41) is 16.0. The molecule has 3 aromatic carbocycles. The first-order chi connectivity index (χ1) is 14.3. The van der Waals surface area contributed by atoms with Gasteiger partial charge in [0.2, 0.25) is 0 Å². The third-order valence-corrected chi connectivity index (χ3v) is 4.84. The highest BCUT2D eigenvalue weighted by Crippen LogP contribution is 2.31. The van der Waals surface area contributed by atoms with Gasteiger partial charge in [-0.15, -0.1) is 0 Å². The van der Waals surface area contributed by atoms with E-state index in [1.165, 1.54) is 0 Å². The molecule has 6 nitrogen and oxygen atoms in total. The van der Waals surface area contributed by atoms with Crippen molar-refractivity contribution < 1.29 is 0 Å². The largest absolute Gasteiger partial charge is 0.385 e. The summed E-state index contributed by atoms with van der Waals surface area (Å²) >= 11 is 0. The van der Waals surface area contributed by atoms with Crippen LogP contribution >= 0.6 is 0 Å². The van der Waals surface area contributed by atoms with E-state index in [4.69, 9.17) is 9.97 Å². The number of aromatic nitrogens is 4. The lowest BCUT2D eigenvalue weighted by molar-refractivity contribution is 1.12. The van der Waals surface area contributed by atoms with Gasteiger partial charge in [0, 0.05) is 34.3 Å². The average molecular weight is 380 g/mol. The summed E-state index contributed by atoms with van der Waals surface area (Å²) in [5.74, 6) is 1.46. The van der Waals surface area contributed by atoms with E-state index in [0.29, 0.717) is 5.82 Å². The Labute approximate surface area is 168 Å². The Bertz CT molecular complexity index is 1310. The van der Waals surface area contributed by atoms with Gasteiger partial charge in [-0.05, 0) is 49.4 Å². The van der Waals surface area contributed by atoms with Crippen LogP contribution in [0.1, 0.15) is 6.92 Å². The fourth-order valence-corrected chi connectivity index (χ4v) is 3.47. The fraction of sp³-hybridized carbons (Fsp3) is 0.0870. The van der Waals surface area contributed by atoms with E-state index in [2.05, 4.69) is 39.9 Å². The summed E-state index contributed by atoms with van der Waals surface area (Å²) < 4.78 is 0. The van der Waals surface area contributed by atoms with Crippen LogP contribution in [0.2, 0.25) is 0 Å². The number of benzene rings is 3. The van der Waals surface area contributed by atoms with Crippen LogP contribution in [0.3, 0.4) is 0 Å². The van der Waals surface area contributed by atoms with Crippen LogP contribution in [-0.4, -0.2) is 26.7 Å². The van der Waals surface area contributed by atoms with Crippen molar-refractivity contribution in [2.45, 2.75) is 6.92 Å². The van der Waals surface area contributed by atoms with E-state index >= 15 is 0 Å². The number of aromatic amines is 1. The summed E-state index contributed by atoms with van der Waals surface area (Å²) in [6, 6.07) is 22.3. The van der Waals surface area contributed by atoms with E-state index < -0.39 is 0 Å². The molecule has 29 heavy (non-hydrogen) atoms. The molecule has 0 unspecified atom stereocenters. The molecular formula is C23H20N6. The molecule has 2 heterocycles. The maximum absolute atomic E-state index is 4.89. The van der Waals surface area contributed by atoms with Crippen LogP contribution in [-0.2, 0) is 0 Å². The predicted octanol–water partition coefficient (Wildman–Crippen LogP) is 5.35. The minimum Gasteiger partial charge on any atom is -0.385 e. The average Bonchev–Trinajstić information content (AvgIpc) is 3.22. The van der Waals surface area contributed by atoms with Gasteiger partial charge in [-0.3, -0.25) is 5.10 Å². The van der Waals surface area contributed by atoms with Crippen molar-refractivity contribution in [3.05, 3.63) is 72.9 Å². The molecule has 0 aliphatic carbocycles. The topological polar surface area (TPSA) is 78.5 Å². The second kappa shape index (κ2) is 7.24. The fourth-order valence-electron chi connectivity index (χ4n) is 3.47. The molecule has 0 saturated carbocycles. The zero-order valence-corrected chi connectivity index (χ0v) is 16.0. The number of hydrogen-bond donors (Lipinski definition) is 3. The van der Waals surface area contributed by atoms with E-state index in [9.17, 15) is 0 Å². The maximum Gasteiger partial charge on any atom is 0.164 e. The third kappa shape index (κ3) is 3.25. The van der Waals surface area contributed by atoms with Gasteiger partial charge >= 0.3 is 0 Å². The first kappa shape index (κ1) is 17.2. The Morgan fingerprint density at radius 3 is 2.72 bits per heavy atom. The zero-order chi connectivity index (χ0) is 19.6. The van der Waals surface area contributed by atoms with Gasteiger partial charge in [0.15, 0.2) is 5.82 Å². The molecule has 2 aromatic heterocycles. The number of nitrogens with one attached hydrogen (secondary N) is 3. The number of H-pyrrole nitrogens is 1. The van der Waals surface area contributed by atoms with Gasteiger partial charge < -0.3 is 10.6 Å². The molecule has 0 amide bonds. The summed E-state index contributed by atoms with van der Waals surface area (Å²) in [6.07, 6.45) is 1.82. The molecule has 6 heteroatoms. The molecule has 5 rings (SSSR count). The van der Waals surface area contributed by atoms with Crippen LogP contribution in [0.25, 0.3) is 33.2 Å². The van der Waals surface area contributed by atoms with Gasteiger partial charge in [-0.25, -0.2) is 9.97 Å². The number of anilines is 3. The van der Waals surface area contributed by atoms with E-state index in [1.54, 1.807) is 0 Å². The summed E-state index contributed by atoms with van der Waals surface area (Å²) in [6.45, 7) is 2.91. The summed E-state index contributed by atoms with van der Waals surface area (Å²) in [5.41, 5.74) is 4.86. The highest BCUT2D eigenvalue weighted by Gasteiger charge is 2.12. The Morgan fingerprint density at radius 2 is 1.79 bits per heavy atom. The molecule has 0 aliphatic heterocycles. The molecule has 0 spiro atoms. The quantitative estimate of drug-likeness (QED) is 0.383. The van der Waals surface area contributed by atoms with Crippen molar-refractivity contribution in [2.24, 2.45) is 0 Å². The smallest absolute Gasteiger partial charge is 0.164 e. The summed E-state index contributed by atoms with van der Waals surface area (Å²) in [4.78, 5) is 9.72.